The van der Waals surface area contributed by atoms with E-state index in [0.29, 0.717) is 37.1 Å². The van der Waals surface area contributed by atoms with Gasteiger partial charge in [0.25, 0.3) is 0 Å². The molecule has 11 heteroatoms. The maximum atomic E-state index is 13.3. The van der Waals surface area contributed by atoms with Gasteiger partial charge in [0.2, 0.25) is 15.8 Å². The number of carbonyl (C=O) groups excluding carboxylic acids is 1. The van der Waals surface area contributed by atoms with Crippen LogP contribution in [0.2, 0.25) is 0 Å². The Bertz CT molecular complexity index is 1120. The second-order valence-electron chi connectivity index (χ2n) is 8.30. The molecule has 2 saturated heterocycles. The van der Waals surface area contributed by atoms with Crippen molar-refractivity contribution in [1.82, 2.24) is 19.3 Å². The topological polar surface area (TPSA) is 134 Å². The molecule has 1 amide bonds. The molecule has 32 heavy (non-hydrogen) atoms. The summed E-state index contributed by atoms with van der Waals surface area (Å²) in [5.74, 6) is -2.02. The summed E-state index contributed by atoms with van der Waals surface area (Å²) in [5.41, 5.74) is 0.932. The van der Waals surface area contributed by atoms with Gasteiger partial charge >= 0.3 is 17.8 Å². The van der Waals surface area contributed by atoms with Gasteiger partial charge in [-0.05, 0) is 50.7 Å². The lowest BCUT2D eigenvalue weighted by molar-refractivity contribution is -0.142. The van der Waals surface area contributed by atoms with Gasteiger partial charge in [-0.3, -0.25) is 9.59 Å². The highest BCUT2D eigenvalue weighted by Gasteiger charge is 2.34. The minimum atomic E-state index is -3.91. The maximum Gasteiger partial charge on any atom is 0.316 e. The van der Waals surface area contributed by atoms with E-state index in [-0.39, 0.29) is 35.6 Å². The van der Waals surface area contributed by atoms with Gasteiger partial charge in [0.05, 0.1) is 10.8 Å². The van der Waals surface area contributed by atoms with Crippen molar-refractivity contribution < 1.29 is 27.6 Å². The van der Waals surface area contributed by atoms with E-state index in [1.165, 1.54) is 10.4 Å². The van der Waals surface area contributed by atoms with Gasteiger partial charge in [-0.2, -0.15) is 9.29 Å². The summed E-state index contributed by atoms with van der Waals surface area (Å²) < 4.78 is 33.0. The summed E-state index contributed by atoms with van der Waals surface area (Å²) in [5, 5.41) is 13.2. The third-order valence-corrected chi connectivity index (χ3v) is 8.06. The SMILES string of the molecule is Cc1ccc(-c2noc(C(=O)N3CCCCC3)n2)cc1S(=O)(=O)N1CCC[C@@H](C(=O)O)C1. The van der Waals surface area contributed by atoms with Crippen LogP contribution < -0.4 is 0 Å². The molecule has 0 bridgehead atoms. The highest BCUT2D eigenvalue weighted by Crippen LogP contribution is 2.29. The Kier molecular flexibility index (Phi) is 6.29. The van der Waals surface area contributed by atoms with Crippen molar-refractivity contribution in [3.63, 3.8) is 0 Å². The van der Waals surface area contributed by atoms with E-state index in [2.05, 4.69) is 10.1 Å². The second-order valence-corrected chi connectivity index (χ2v) is 10.2. The van der Waals surface area contributed by atoms with Crippen LogP contribution in [0.25, 0.3) is 11.4 Å². The number of carboxylic acid groups (broad SMARTS) is 1. The molecule has 3 heterocycles. The van der Waals surface area contributed by atoms with Crippen molar-refractivity contribution in [2.75, 3.05) is 26.2 Å². The molecule has 0 aliphatic carbocycles. The molecule has 1 N–H and O–H groups in total. The molecule has 2 aliphatic heterocycles. The highest BCUT2D eigenvalue weighted by atomic mass is 32.2. The standard InChI is InChI=1S/C21H26N4O6S/c1-14-7-8-15(18-22-19(31-23-18)20(26)24-9-3-2-4-10-24)12-17(14)32(29,30)25-11-5-6-16(13-25)21(27)28/h7-8,12,16H,2-6,9-11,13H2,1H3,(H,27,28)/t16-/m1/s1. The Balaban J connectivity index is 1.60. The van der Waals surface area contributed by atoms with Crippen molar-refractivity contribution in [2.24, 2.45) is 5.92 Å². The van der Waals surface area contributed by atoms with Gasteiger partial charge in [-0.25, -0.2) is 8.42 Å². The van der Waals surface area contributed by atoms with Crippen LogP contribution in [0.3, 0.4) is 0 Å². The molecule has 1 aromatic heterocycles. The lowest BCUT2D eigenvalue weighted by atomic mass is 10.0. The predicted octanol–water partition coefficient (Wildman–Crippen LogP) is 2.16. The lowest BCUT2D eigenvalue weighted by Crippen LogP contribution is -2.42. The van der Waals surface area contributed by atoms with Gasteiger partial charge in [0.1, 0.15) is 0 Å². The van der Waals surface area contributed by atoms with Crippen molar-refractivity contribution >= 4 is 21.9 Å². The first kappa shape index (κ1) is 22.4. The Morgan fingerprint density at radius 2 is 1.88 bits per heavy atom. The number of sulfonamides is 1. The van der Waals surface area contributed by atoms with Gasteiger partial charge in [-0.1, -0.05) is 17.3 Å². The molecule has 2 fully saturated rings. The van der Waals surface area contributed by atoms with E-state index in [4.69, 9.17) is 4.52 Å². The molecule has 2 aromatic rings. The quantitative estimate of drug-likeness (QED) is 0.714. The van der Waals surface area contributed by atoms with Crippen LogP contribution in [-0.4, -0.2) is 70.9 Å². The predicted molar refractivity (Wildman–Crippen MR) is 113 cm³/mol. The lowest BCUT2D eigenvalue weighted by Gasteiger charge is -2.30. The fraction of sp³-hybridized carbons (Fsp3) is 0.524. The zero-order valence-electron chi connectivity index (χ0n) is 17.9. The summed E-state index contributed by atoms with van der Waals surface area (Å²) in [6.45, 7) is 3.19. The van der Waals surface area contributed by atoms with Crippen LogP contribution in [0.5, 0.6) is 0 Å². The van der Waals surface area contributed by atoms with Crippen LogP contribution in [0, 0.1) is 12.8 Å². The van der Waals surface area contributed by atoms with Crippen molar-refractivity contribution in [2.45, 2.75) is 43.9 Å². The van der Waals surface area contributed by atoms with Gasteiger partial charge in [-0.15, -0.1) is 0 Å². The monoisotopic (exact) mass is 462 g/mol. The Hall–Kier alpha value is -2.79. The average molecular weight is 463 g/mol. The molecule has 172 valence electrons. The van der Waals surface area contributed by atoms with Crippen LogP contribution >= 0.6 is 0 Å². The van der Waals surface area contributed by atoms with E-state index in [1.807, 2.05) is 0 Å². The average Bonchev–Trinajstić information content (AvgIpc) is 3.29. The Morgan fingerprint density at radius 1 is 1.12 bits per heavy atom. The minimum Gasteiger partial charge on any atom is -0.481 e. The number of nitrogens with zero attached hydrogens (tertiary/aromatic N) is 4. The highest BCUT2D eigenvalue weighted by molar-refractivity contribution is 7.89. The first-order chi connectivity index (χ1) is 15.3. The number of aliphatic carboxylic acids is 1. The number of likely N-dealkylation sites (tertiary alicyclic amines) is 1. The summed E-state index contributed by atoms with van der Waals surface area (Å²) in [7, 11) is -3.91. The van der Waals surface area contributed by atoms with Crippen LogP contribution in [-0.2, 0) is 14.8 Å². The van der Waals surface area contributed by atoms with E-state index >= 15 is 0 Å². The first-order valence-electron chi connectivity index (χ1n) is 10.7. The van der Waals surface area contributed by atoms with E-state index in [0.717, 1.165) is 19.3 Å². The number of hydrogen-bond donors (Lipinski definition) is 1. The number of benzene rings is 1. The van der Waals surface area contributed by atoms with Crippen LogP contribution in [0.4, 0.5) is 0 Å². The number of carboxylic acids is 1. The van der Waals surface area contributed by atoms with Crippen LogP contribution in [0.1, 0.15) is 48.4 Å². The fourth-order valence-electron chi connectivity index (χ4n) is 4.18. The van der Waals surface area contributed by atoms with Crippen LogP contribution in [0.15, 0.2) is 27.6 Å². The third-order valence-electron chi connectivity index (χ3n) is 6.05. The van der Waals surface area contributed by atoms with Gasteiger partial charge < -0.3 is 14.5 Å². The number of aromatic nitrogens is 2. The summed E-state index contributed by atoms with van der Waals surface area (Å²) in [6.07, 6.45) is 3.90. The molecule has 10 nitrogen and oxygen atoms in total. The minimum absolute atomic E-state index is 0.0575. The largest absolute Gasteiger partial charge is 0.481 e. The zero-order valence-corrected chi connectivity index (χ0v) is 18.7. The molecule has 0 saturated carbocycles. The number of carbonyl (C=O) groups is 2. The van der Waals surface area contributed by atoms with Crippen molar-refractivity contribution in [3.8, 4) is 11.4 Å². The molecule has 0 unspecified atom stereocenters. The van der Waals surface area contributed by atoms with Gasteiger partial charge in [0, 0.05) is 31.7 Å². The molecular formula is C21H26N4O6S. The Labute approximate surface area is 186 Å². The molecule has 0 radical (unpaired) electrons. The first-order valence-corrected chi connectivity index (χ1v) is 12.2. The normalized spacial score (nSPS) is 20.3. The number of rotatable bonds is 5. The summed E-state index contributed by atoms with van der Waals surface area (Å²) in [4.78, 5) is 29.9. The van der Waals surface area contributed by atoms with Gasteiger partial charge in [0.15, 0.2) is 0 Å². The number of piperidine rings is 2. The van der Waals surface area contributed by atoms with E-state index < -0.39 is 21.9 Å². The van der Waals surface area contributed by atoms with Crippen molar-refractivity contribution in [3.05, 3.63) is 29.7 Å². The molecular weight excluding hydrogens is 436 g/mol. The molecule has 1 atom stereocenters. The number of amides is 1. The smallest absolute Gasteiger partial charge is 0.316 e. The molecule has 0 spiro atoms. The number of aryl methyl sites for hydroxylation is 1. The Morgan fingerprint density at radius 3 is 2.59 bits per heavy atom. The molecule has 2 aliphatic rings. The second kappa shape index (κ2) is 8.99. The summed E-state index contributed by atoms with van der Waals surface area (Å²) >= 11 is 0. The molecule has 1 aromatic carbocycles. The van der Waals surface area contributed by atoms with Crippen molar-refractivity contribution in [1.29, 1.82) is 0 Å². The molecule has 4 rings (SSSR count). The zero-order chi connectivity index (χ0) is 22.9. The maximum absolute atomic E-state index is 13.3. The summed E-state index contributed by atoms with van der Waals surface area (Å²) in [6, 6.07) is 4.77. The number of hydrogen-bond acceptors (Lipinski definition) is 7. The van der Waals surface area contributed by atoms with E-state index in [1.54, 1.807) is 24.0 Å². The van der Waals surface area contributed by atoms with E-state index in [9.17, 15) is 23.1 Å². The fourth-order valence-corrected chi connectivity index (χ4v) is 5.95. The third kappa shape index (κ3) is 4.40.